The van der Waals surface area contributed by atoms with E-state index in [4.69, 9.17) is 0 Å². The standard InChI is InChI=1S/C17H24N2O/c1-4-7-11-15-12-19(17(20)18-15)16-13(5-2)9-8-10-14(16)6-3/h8-10,12H,4-7,11H2,1-3H3,(H,18,20). The average molecular weight is 272 g/mol. The van der Waals surface area contributed by atoms with Crippen molar-refractivity contribution in [3.05, 3.63) is 51.7 Å². The van der Waals surface area contributed by atoms with E-state index in [1.165, 1.54) is 11.1 Å². The molecule has 1 heterocycles. The maximum Gasteiger partial charge on any atom is 0.330 e. The summed E-state index contributed by atoms with van der Waals surface area (Å²) in [4.78, 5) is 15.2. The lowest BCUT2D eigenvalue weighted by Gasteiger charge is -2.12. The highest BCUT2D eigenvalue weighted by atomic mass is 16.1. The number of imidazole rings is 1. The van der Waals surface area contributed by atoms with Crippen molar-refractivity contribution in [3.8, 4) is 5.69 Å². The van der Waals surface area contributed by atoms with E-state index in [1.807, 2.05) is 6.20 Å². The molecule has 0 aliphatic rings. The van der Waals surface area contributed by atoms with Crippen molar-refractivity contribution >= 4 is 0 Å². The zero-order valence-corrected chi connectivity index (χ0v) is 12.7. The molecule has 2 aromatic rings. The number of para-hydroxylation sites is 1. The Morgan fingerprint density at radius 3 is 2.30 bits per heavy atom. The smallest absolute Gasteiger partial charge is 0.310 e. The van der Waals surface area contributed by atoms with Gasteiger partial charge in [-0.3, -0.25) is 4.57 Å². The predicted molar refractivity (Wildman–Crippen MR) is 83.8 cm³/mol. The Labute approximate surface area is 120 Å². The van der Waals surface area contributed by atoms with Crippen LogP contribution in [0.5, 0.6) is 0 Å². The molecular weight excluding hydrogens is 248 g/mol. The highest BCUT2D eigenvalue weighted by Gasteiger charge is 2.12. The second kappa shape index (κ2) is 6.60. The van der Waals surface area contributed by atoms with Crippen molar-refractivity contribution in [2.75, 3.05) is 0 Å². The van der Waals surface area contributed by atoms with Gasteiger partial charge in [-0.1, -0.05) is 45.4 Å². The van der Waals surface area contributed by atoms with Gasteiger partial charge < -0.3 is 4.98 Å². The van der Waals surface area contributed by atoms with Gasteiger partial charge in [0.05, 0.1) is 5.69 Å². The molecule has 0 spiro atoms. The van der Waals surface area contributed by atoms with Crippen LogP contribution in [0.3, 0.4) is 0 Å². The van der Waals surface area contributed by atoms with Crippen LogP contribution in [0, 0.1) is 0 Å². The molecule has 3 nitrogen and oxygen atoms in total. The van der Waals surface area contributed by atoms with E-state index in [-0.39, 0.29) is 5.69 Å². The number of aromatic amines is 1. The third-order valence-electron chi connectivity index (χ3n) is 3.78. The van der Waals surface area contributed by atoms with E-state index in [2.05, 4.69) is 44.0 Å². The first-order chi connectivity index (χ1) is 9.71. The molecular formula is C17H24N2O. The molecule has 0 amide bonds. The lowest BCUT2D eigenvalue weighted by atomic mass is 10.0. The molecule has 0 radical (unpaired) electrons. The minimum Gasteiger partial charge on any atom is -0.310 e. The van der Waals surface area contributed by atoms with Gasteiger partial charge >= 0.3 is 5.69 Å². The van der Waals surface area contributed by atoms with E-state index < -0.39 is 0 Å². The van der Waals surface area contributed by atoms with Gasteiger partial charge in [-0.05, 0) is 36.8 Å². The number of hydrogen-bond acceptors (Lipinski definition) is 1. The highest BCUT2D eigenvalue weighted by Crippen LogP contribution is 2.20. The Balaban J connectivity index is 2.50. The van der Waals surface area contributed by atoms with Crippen molar-refractivity contribution in [1.82, 2.24) is 9.55 Å². The van der Waals surface area contributed by atoms with E-state index >= 15 is 0 Å². The fourth-order valence-electron chi connectivity index (χ4n) is 2.63. The van der Waals surface area contributed by atoms with Crippen LogP contribution in [0.4, 0.5) is 0 Å². The second-order valence-electron chi connectivity index (χ2n) is 5.19. The summed E-state index contributed by atoms with van der Waals surface area (Å²) >= 11 is 0. The largest absolute Gasteiger partial charge is 0.330 e. The summed E-state index contributed by atoms with van der Waals surface area (Å²) in [5.74, 6) is 0. The highest BCUT2D eigenvalue weighted by molar-refractivity contribution is 5.48. The lowest BCUT2D eigenvalue weighted by molar-refractivity contribution is 0.779. The molecule has 0 saturated heterocycles. The number of rotatable bonds is 6. The number of nitrogens with one attached hydrogen (secondary N) is 1. The number of H-pyrrole nitrogens is 1. The molecule has 3 heteroatoms. The fraction of sp³-hybridized carbons (Fsp3) is 0.471. The van der Waals surface area contributed by atoms with Crippen LogP contribution in [0.15, 0.2) is 29.2 Å². The molecule has 0 fully saturated rings. The summed E-state index contributed by atoms with van der Waals surface area (Å²) in [6, 6.07) is 6.30. The molecule has 0 unspecified atom stereocenters. The Kier molecular flexibility index (Phi) is 4.83. The molecule has 0 atom stereocenters. The van der Waals surface area contributed by atoms with Crippen LogP contribution in [0.1, 0.15) is 50.4 Å². The Morgan fingerprint density at radius 1 is 1.10 bits per heavy atom. The summed E-state index contributed by atoms with van der Waals surface area (Å²) in [5, 5.41) is 0. The van der Waals surface area contributed by atoms with E-state index in [9.17, 15) is 4.79 Å². The normalized spacial score (nSPS) is 10.9. The Hall–Kier alpha value is -1.77. The molecule has 0 bridgehead atoms. The second-order valence-corrected chi connectivity index (χ2v) is 5.19. The van der Waals surface area contributed by atoms with Crippen LogP contribution in [-0.2, 0) is 19.3 Å². The number of nitrogens with zero attached hydrogens (tertiary/aromatic N) is 1. The first-order valence-corrected chi connectivity index (χ1v) is 7.62. The van der Waals surface area contributed by atoms with Gasteiger partial charge in [-0.25, -0.2) is 4.79 Å². The number of unbranched alkanes of at least 4 members (excludes halogenated alkanes) is 1. The van der Waals surface area contributed by atoms with Crippen LogP contribution >= 0.6 is 0 Å². The number of benzene rings is 1. The van der Waals surface area contributed by atoms with Gasteiger partial charge in [0.15, 0.2) is 0 Å². The predicted octanol–water partition coefficient (Wildman–Crippen LogP) is 3.63. The average Bonchev–Trinajstić information content (AvgIpc) is 2.84. The van der Waals surface area contributed by atoms with Gasteiger partial charge in [0, 0.05) is 11.9 Å². The van der Waals surface area contributed by atoms with E-state index in [1.54, 1.807) is 4.57 Å². The van der Waals surface area contributed by atoms with Crippen LogP contribution in [0.25, 0.3) is 5.69 Å². The summed E-state index contributed by atoms with van der Waals surface area (Å²) in [7, 11) is 0. The monoisotopic (exact) mass is 272 g/mol. The quantitative estimate of drug-likeness (QED) is 0.856. The fourth-order valence-corrected chi connectivity index (χ4v) is 2.63. The van der Waals surface area contributed by atoms with Crippen molar-refractivity contribution in [3.63, 3.8) is 0 Å². The molecule has 0 aliphatic heterocycles. The number of aromatic nitrogens is 2. The van der Waals surface area contributed by atoms with Crippen LogP contribution in [0.2, 0.25) is 0 Å². The molecule has 108 valence electrons. The lowest BCUT2D eigenvalue weighted by Crippen LogP contribution is -2.17. The molecule has 2 rings (SSSR count). The van der Waals surface area contributed by atoms with Crippen molar-refractivity contribution in [2.24, 2.45) is 0 Å². The zero-order chi connectivity index (χ0) is 14.5. The van der Waals surface area contributed by atoms with Crippen LogP contribution < -0.4 is 5.69 Å². The topological polar surface area (TPSA) is 37.8 Å². The first-order valence-electron chi connectivity index (χ1n) is 7.62. The maximum atomic E-state index is 12.2. The van der Waals surface area contributed by atoms with Crippen LogP contribution in [-0.4, -0.2) is 9.55 Å². The van der Waals surface area contributed by atoms with Gasteiger partial charge in [0.1, 0.15) is 0 Å². The van der Waals surface area contributed by atoms with Gasteiger partial charge in [-0.15, -0.1) is 0 Å². The molecule has 0 saturated carbocycles. The maximum absolute atomic E-state index is 12.2. The molecule has 1 aromatic carbocycles. The Bertz CT molecular complexity index is 600. The van der Waals surface area contributed by atoms with E-state index in [0.29, 0.717) is 0 Å². The summed E-state index contributed by atoms with van der Waals surface area (Å²) in [5.41, 5.74) is 4.54. The van der Waals surface area contributed by atoms with E-state index in [0.717, 1.165) is 43.5 Å². The SMILES string of the molecule is CCCCc1cn(-c2c(CC)cccc2CC)c(=O)[nH]1. The third-order valence-corrected chi connectivity index (χ3v) is 3.78. The first kappa shape index (κ1) is 14.6. The summed E-state index contributed by atoms with van der Waals surface area (Å²) in [6.07, 6.45) is 7.03. The molecule has 0 aliphatic carbocycles. The number of aryl methyl sites for hydroxylation is 3. The van der Waals surface area contributed by atoms with Gasteiger partial charge in [0.25, 0.3) is 0 Å². The van der Waals surface area contributed by atoms with Crippen molar-refractivity contribution < 1.29 is 0 Å². The van der Waals surface area contributed by atoms with Crippen molar-refractivity contribution in [1.29, 1.82) is 0 Å². The Morgan fingerprint density at radius 2 is 1.75 bits per heavy atom. The minimum atomic E-state index is -0.0216. The number of hydrogen-bond donors (Lipinski definition) is 1. The van der Waals surface area contributed by atoms with Crippen molar-refractivity contribution in [2.45, 2.75) is 52.9 Å². The zero-order valence-electron chi connectivity index (χ0n) is 12.7. The minimum absolute atomic E-state index is 0.0216. The summed E-state index contributed by atoms with van der Waals surface area (Å²) < 4.78 is 1.79. The van der Waals surface area contributed by atoms with Gasteiger partial charge in [0.2, 0.25) is 0 Å². The molecule has 1 N–H and O–H groups in total. The third kappa shape index (κ3) is 2.87. The molecule has 1 aromatic heterocycles. The van der Waals surface area contributed by atoms with Gasteiger partial charge in [-0.2, -0.15) is 0 Å². The summed E-state index contributed by atoms with van der Waals surface area (Å²) in [6.45, 7) is 6.43. The molecule has 20 heavy (non-hydrogen) atoms.